The molecule has 0 spiro atoms. The Morgan fingerprint density at radius 3 is 2.60 bits per heavy atom. The number of aromatic nitrogens is 2. The van der Waals surface area contributed by atoms with Crippen LogP contribution in [0.2, 0.25) is 0 Å². The Balaban J connectivity index is 3.14. The molecule has 54 valence electrons. The number of hydrogen-bond donors (Lipinski definition) is 1. The third-order valence-corrected chi connectivity index (χ3v) is 1.55. The Morgan fingerprint density at radius 1 is 1.40 bits per heavy atom. The van der Waals surface area contributed by atoms with Gasteiger partial charge in [0.05, 0.1) is 0 Å². The second-order valence-corrected chi connectivity index (χ2v) is 2.16. The second kappa shape index (κ2) is 2.88. The van der Waals surface area contributed by atoms with Gasteiger partial charge in [0.25, 0.3) is 0 Å². The van der Waals surface area contributed by atoms with E-state index in [4.69, 9.17) is 0 Å². The summed E-state index contributed by atoms with van der Waals surface area (Å²) in [5.74, 6) is 0.524. The van der Waals surface area contributed by atoms with E-state index in [9.17, 15) is 0 Å². The van der Waals surface area contributed by atoms with E-state index in [0.29, 0.717) is 5.88 Å². The van der Waals surface area contributed by atoms with Crippen molar-refractivity contribution in [3.63, 3.8) is 0 Å². The lowest BCUT2D eigenvalue weighted by Crippen LogP contribution is -1.92. The molecule has 0 aliphatic carbocycles. The van der Waals surface area contributed by atoms with Gasteiger partial charge in [-0.2, -0.15) is 0 Å². The molecule has 1 aromatic heterocycles. The lowest BCUT2D eigenvalue weighted by molar-refractivity contribution is 0.614. The minimum atomic E-state index is 0.524. The first-order valence-electron chi connectivity index (χ1n) is 2.85. The highest BCUT2D eigenvalue weighted by atomic mass is 32.1. The molecule has 0 saturated heterocycles. The zero-order chi connectivity index (χ0) is 7.56. The van der Waals surface area contributed by atoms with Gasteiger partial charge in [-0.3, -0.25) is 0 Å². The van der Waals surface area contributed by atoms with Crippen LogP contribution >= 0.6 is 12.9 Å². The van der Waals surface area contributed by atoms with Crippen molar-refractivity contribution in [1.82, 2.24) is 9.97 Å². The van der Waals surface area contributed by atoms with Gasteiger partial charge in [-0.25, -0.2) is 9.97 Å². The summed E-state index contributed by atoms with van der Waals surface area (Å²) in [5.41, 5.74) is 1.84. The predicted octanol–water partition coefficient (Wildman–Crippen LogP) is 1.32. The van der Waals surface area contributed by atoms with Crippen LogP contribution in [-0.4, -0.2) is 9.97 Å². The summed E-state index contributed by atoms with van der Waals surface area (Å²) in [4.78, 5) is 7.81. The fourth-order valence-corrected chi connectivity index (χ4v) is 0.792. The summed E-state index contributed by atoms with van der Waals surface area (Å²) in [6.45, 7) is 3.79. The smallest absolute Gasteiger partial charge is 0.233 e. The van der Waals surface area contributed by atoms with Crippen LogP contribution in [0.5, 0.6) is 5.88 Å². The van der Waals surface area contributed by atoms with Crippen molar-refractivity contribution >= 4 is 12.9 Å². The van der Waals surface area contributed by atoms with E-state index in [0.717, 1.165) is 11.3 Å². The van der Waals surface area contributed by atoms with Crippen molar-refractivity contribution in [3.8, 4) is 5.88 Å². The highest BCUT2D eigenvalue weighted by Gasteiger charge is 2.01. The van der Waals surface area contributed by atoms with E-state index >= 15 is 0 Å². The van der Waals surface area contributed by atoms with Crippen LogP contribution < -0.4 is 4.18 Å². The predicted molar refractivity (Wildman–Crippen MR) is 41.1 cm³/mol. The van der Waals surface area contributed by atoms with Crippen LogP contribution in [0.3, 0.4) is 0 Å². The van der Waals surface area contributed by atoms with E-state index in [1.165, 1.54) is 6.33 Å². The standard InChI is InChI=1S/C6H8N2OS/c1-4-5(2)7-3-8-6(4)9-10/h3,10H,1-2H3. The second-order valence-electron chi connectivity index (χ2n) is 1.98. The molecule has 0 atom stereocenters. The third-order valence-electron chi connectivity index (χ3n) is 1.38. The maximum absolute atomic E-state index is 4.67. The first-order valence-corrected chi connectivity index (χ1v) is 3.22. The molecule has 0 aromatic carbocycles. The van der Waals surface area contributed by atoms with Gasteiger partial charge in [0.15, 0.2) is 0 Å². The van der Waals surface area contributed by atoms with Gasteiger partial charge in [0.1, 0.15) is 6.33 Å². The molecule has 0 amide bonds. The van der Waals surface area contributed by atoms with Gasteiger partial charge < -0.3 is 4.18 Å². The fourth-order valence-electron chi connectivity index (χ4n) is 0.608. The van der Waals surface area contributed by atoms with Crippen molar-refractivity contribution in [2.75, 3.05) is 0 Å². The van der Waals surface area contributed by atoms with Crippen LogP contribution in [0.1, 0.15) is 11.3 Å². The SMILES string of the molecule is Cc1ncnc(OS)c1C. The van der Waals surface area contributed by atoms with Crippen molar-refractivity contribution in [2.45, 2.75) is 13.8 Å². The highest BCUT2D eigenvalue weighted by molar-refractivity contribution is 7.75. The van der Waals surface area contributed by atoms with E-state index in [1.54, 1.807) is 0 Å². The summed E-state index contributed by atoms with van der Waals surface area (Å²) >= 11 is 3.64. The van der Waals surface area contributed by atoms with Gasteiger partial charge in [-0.15, -0.1) is 0 Å². The molecule has 1 heterocycles. The van der Waals surface area contributed by atoms with Gasteiger partial charge >= 0.3 is 0 Å². The Kier molecular flexibility index (Phi) is 2.11. The highest BCUT2D eigenvalue weighted by Crippen LogP contribution is 2.15. The van der Waals surface area contributed by atoms with Crippen molar-refractivity contribution in [2.24, 2.45) is 0 Å². The minimum absolute atomic E-state index is 0.524. The van der Waals surface area contributed by atoms with Crippen molar-refractivity contribution in [1.29, 1.82) is 0 Å². The van der Waals surface area contributed by atoms with Crippen molar-refractivity contribution in [3.05, 3.63) is 17.6 Å². The Bertz CT molecular complexity index is 239. The number of nitrogens with zero attached hydrogens (tertiary/aromatic N) is 2. The number of thiol groups is 1. The molecule has 0 N–H and O–H groups in total. The van der Waals surface area contributed by atoms with Gasteiger partial charge in [-0.1, -0.05) is 0 Å². The molecule has 10 heavy (non-hydrogen) atoms. The zero-order valence-electron chi connectivity index (χ0n) is 5.83. The quantitative estimate of drug-likeness (QED) is 0.492. The molecule has 0 bridgehead atoms. The molecule has 0 fully saturated rings. The summed E-state index contributed by atoms with van der Waals surface area (Å²) in [7, 11) is 0. The monoisotopic (exact) mass is 156 g/mol. The maximum Gasteiger partial charge on any atom is 0.233 e. The van der Waals surface area contributed by atoms with Crippen LogP contribution in [0.25, 0.3) is 0 Å². The normalized spacial score (nSPS) is 9.50. The molecule has 0 radical (unpaired) electrons. The fraction of sp³-hybridized carbons (Fsp3) is 0.333. The first kappa shape index (κ1) is 7.34. The molecule has 1 aromatic rings. The lowest BCUT2D eigenvalue weighted by Gasteiger charge is -2.01. The first-order chi connectivity index (χ1) is 4.75. The number of hydrogen-bond acceptors (Lipinski definition) is 4. The molecule has 0 aliphatic rings. The molecule has 3 nitrogen and oxygen atoms in total. The zero-order valence-corrected chi connectivity index (χ0v) is 6.72. The largest absolute Gasteiger partial charge is 0.409 e. The molecule has 0 unspecified atom stereocenters. The average Bonchev–Trinajstić information content (AvgIpc) is 1.95. The molecule has 0 aliphatic heterocycles. The summed E-state index contributed by atoms with van der Waals surface area (Å²) < 4.78 is 4.67. The summed E-state index contributed by atoms with van der Waals surface area (Å²) in [5, 5.41) is 0. The van der Waals surface area contributed by atoms with Crippen LogP contribution in [-0.2, 0) is 0 Å². The Hall–Kier alpha value is -0.770. The summed E-state index contributed by atoms with van der Waals surface area (Å²) in [6, 6.07) is 0. The molecular weight excluding hydrogens is 148 g/mol. The third kappa shape index (κ3) is 1.21. The van der Waals surface area contributed by atoms with Crippen LogP contribution in [0, 0.1) is 13.8 Å². The van der Waals surface area contributed by atoms with E-state index in [-0.39, 0.29) is 0 Å². The minimum Gasteiger partial charge on any atom is -0.409 e. The number of rotatable bonds is 1. The van der Waals surface area contributed by atoms with Gasteiger partial charge in [0, 0.05) is 24.2 Å². The molecular formula is C6H8N2OS. The van der Waals surface area contributed by atoms with Crippen molar-refractivity contribution < 1.29 is 4.18 Å². The van der Waals surface area contributed by atoms with E-state index < -0.39 is 0 Å². The molecule has 1 rings (SSSR count). The Morgan fingerprint density at radius 2 is 2.10 bits per heavy atom. The van der Waals surface area contributed by atoms with Gasteiger partial charge in [0.2, 0.25) is 5.88 Å². The lowest BCUT2D eigenvalue weighted by atomic mass is 10.3. The van der Waals surface area contributed by atoms with Gasteiger partial charge in [-0.05, 0) is 13.8 Å². The molecule has 4 heteroatoms. The van der Waals surface area contributed by atoms with E-state index in [1.807, 2.05) is 13.8 Å². The van der Waals surface area contributed by atoms with E-state index in [2.05, 4.69) is 27.1 Å². The molecule has 0 saturated carbocycles. The van der Waals surface area contributed by atoms with Crippen LogP contribution in [0.4, 0.5) is 0 Å². The number of aryl methyl sites for hydroxylation is 1. The average molecular weight is 156 g/mol. The topological polar surface area (TPSA) is 35.0 Å². The maximum atomic E-state index is 4.67. The Labute approximate surface area is 65.1 Å². The van der Waals surface area contributed by atoms with Crippen LogP contribution in [0.15, 0.2) is 6.33 Å². The summed E-state index contributed by atoms with van der Waals surface area (Å²) in [6.07, 6.45) is 1.45.